The molecule has 1 amide bonds. The Balaban J connectivity index is 1.56. The molecule has 0 aliphatic heterocycles. The Hall–Kier alpha value is -5.90. The summed E-state index contributed by atoms with van der Waals surface area (Å²) < 4.78 is 28.8. The van der Waals surface area contributed by atoms with Crippen LogP contribution in [0.25, 0.3) is 6.08 Å². The second-order valence-corrected chi connectivity index (χ2v) is 14.2. The molecule has 0 heterocycles. The van der Waals surface area contributed by atoms with E-state index in [0.717, 1.165) is 11.1 Å². The van der Waals surface area contributed by atoms with Gasteiger partial charge in [0.2, 0.25) is 0 Å². The number of aldehydes is 1. The van der Waals surface area contributed by atoms with Gasteiger partial charge in [0.25, 0.3) is 0 Å². The Bertz CT molecular complexity index is 1890. The number of rotatable bonds is 15. The third-order valence-electron chi connectivity index (χ3n) is 7.37. The first-order valence-electron chi connectivity index (χ1n) is 17.4. The molecular formula is C43H47NO9. The number of carbonyl (C=O) groups is 4. The highest BCUT2D eigenvalue weighted by molar-refractivity contribution is 5.93. The minimum atomic E-state index is -0.696. The van der Waals surface area contributed by atoms with Gasteiger partial charge in [0, 0.05) is 11.8 Å². The number of amides is 1. The Kier molecular flexibility index (Phi) is 14.0. The molecule has 1 N–H and O–H groups in total. The number of nitrogens with one attached hydrogen (secondary N) is 1. The van der Waals surface area contributed by atoms with Crippen LogP contribution in [0.4, 0.5) is 10.5 Å². The third kappa shape index (κ3) is 13.3. The Morgan fingerprint density at radius 1 is 0.736 bits per heavy atom. The van der Waals surface area contributed by atoms with Crippen LogP contribution in [-0.2, 0) is 38.6 Å². The van der Waals surface area contributed by atoms with Crippen molar-refractivity contribution in [1.82, 2.24) is 0 Å². The number of anilines is 1. The molecule has 0 bridgehead atoms. The average molecular weight is 722 g/mol. The van der Waals surface area contributed by atoms with Crippen molar-refractivity contribution in [3.05, 3.63) is 130 Å². The maximum Gasteiger partial charge on any atom is 0.412 e. The quantitative estimate of drug-likeness (QED) is 0.0420. The van der Waals surface area contributed by atoms with Crippen LogP contribution in [0.15, 0.2) is 97.1 Å². The fourth-order valence-corrected chi connectivity index (χ4v) is 5.09. The van der Waals surface area contributed by atoms with Gasteiger partial charge in [-0.05, 0) is 107 Å². The molecule has 10 nitrogen and oxygen atoms in total. The maximum atomic E-state index is 13.3. The third-order valence-corrected chi connectivity index (χ3v) is 7.37. The molecule has 0 saturated carbocycles. The molecule has 0 atom stereocenters. The highest BCUT2D eigenvalue weighted by Gasteiger charge is 2.20. The van der Waals surface area contributed by atoms with E-state index in [-0.39, 0.29) is 31.1 Å². The lowest BCUT2D eigenvalue weighted by molar-refractivity contribution is -0.148. The van der Waals surface area contributed by atoms with Crippen molar-refractivity contribution in [3.63, 3.8) is 0 Å². The lowest BCUT2D eigenvalue weighted by Gasteiger charge is -2.20. The van der Waals surface area contributed by atoms with Crippen molar-refractivity contribution in [2.24, 2.45) is 0 Å². The van der Waals surface area contributed by atoms with Gasteiger partial charge in [-0.15, -0.1) is 0 Å². The number of aryl methyl sites for hydroxylation is 1. The van der Waals surface area contributed by atoms with Crippen LogP contribution in [0.2, 0.25) is 0 Å². The van der Waals surface area contributed by atoms with E-state index < -0.39 is 29.2 Å². The molecule has 278 valence electrons. The topological polar surface area (TPSA) is 126 Å². The summed E-state index contributed by atoms with van der Waals surface area (Å²) in [7, 11) is 0. The van der Waals surface area contributed by atoms with Gasteiger partial charge in [-0.3, -0.25) is 10.1 Å². The summed E-state index contributed by atoms with van der Waals surface area (Å²) in [5.41, 5.74) is 2.43. The lowest BCUT2D eigenvalue weighted by atomic mass is 10.0. The highest BCUT2D eigenvalue weighted by atomic mass is 16.6. The molecule has 0 aromatic heterocycles. The van der Waals surface area contributed by atoms with Crippen LogP contribution in [-0.4, -0.2) is 42.1 Å². The SMILES string of the molecule is CC(C)(C)OC(=O)C=Cc1ccc(OCc2ccccc2)c(OCCCc2cc(NC(=O)OC(C)(C)C)ccc2C(=O)OCc2ccccc2)c1C=O. The monoisotopic (exact) mass is 721 g/mol. The smallest absolute Gasteiger partial charge is 0.412 e. The number of hydrogen-bond donors (Lipinski definition) is 1. The average Bonchev–Trinajstić information content (AvgIpc) is 3.10. The van der Waals surface area contributed by atoms with E-state index in [1.165, 1.54) is 12.2 Å². The fraction of sp³-hybridized carbons (Fsp3) is 0.302. The van der Waals surface area contributed by atoms with E-state index in [0.29, 0.717) is 47.3 Å². The minimum Gasteiger partial charge on any atom is -0.489 e. The second kappa shape index (κ2) is 18.5. The number of benzene rings is 4. The van der Waals surface area contributed by atoms with E-state index in [4.69, 9.17) is 23.7 Å². The number of hydrogen-bond acceptors (Lipinski definition) is 9. The summed E-state index contributed by atoms with van der Waals surface area (Å²) in [5.74, 6) is -0.509. The van der Waals surface area contributed by atoms with Crippen LogP contribution >= 0.6 is 0 Å². The van der Waals surface area contributed by atoms with Crippen molar-refractivity contribution in [3.8, 4) is 11.5 Å². The van der Waals surface area contributed by atoms with Crippen molar-refractivity contribution in [2.75, 3.05) is 11.9 Å². The van der Waals surface area contributed by atoms with Crippen LogP contribution in [0, 0.1) is 0 Å². The Labute approximate surface area is 311 Å². The predicted octanol–water partition coefficient (Wildman–Crippen LogP) is 9.15. The van der Waals surface area contributed by atoms with E-state index in [9.17, 15) is 19.2 Å². The van der Waals surface area contributed by atoms with Crippen molar-refractivity contribution >= 4 is 36.1 Å². The number of carbonyl (C=O) groups excluding carboxylic acids is 4. The van der Waals surface area contributed by atoms with E-state index >= 15 is 0 Å². The van der Waals surface area contributed by atoms with Gasteiger partial charge >= 0.3 is 18.0 Å². The molecule has 53 heavy (non-hydrogen) atoms. The van der Waals surface area contributed by atoms with Gasteiger partial charge in [-0.2, -0.15) is 0 Å². The summed E-state index contributed by atoms with van der Waals surface area (Å²) in [6, 6.07) is 27.2. The summed E-state index contributed by atoms with van der Waals surface area (Å²) in [4.78, 5) is 50.7. The van der Waals surface area contributed by atoms with Gasteiger partial charge in [-0.25, -0.2) is 14.4 Å². The first-order valence-corrected chi connectivity index (χ1v) is 17.4. The molecule has 0 aliphatic rings. The van der Waals surface area contributed by atoms with E-state index in [1.807, 2.05) is 60.7 Å². The van der Waals surface area contributed by atoms with Crippen LogP contribution in [0.3, 0.4) is 0 Å². The molecule has 4 rings (SSSR count). The first kappa shape index (κ1) is 39.9. The van der Waals surface area contributed by atoms with E-state index in [1.54, 1.807) is 71.9 Å². The maximum absolute atomic E-state index is 13.3. The molecule has 0 unspecified atom stereocenters. The van der Waals surface area contributed by atoms with Gasteiger partial charge in [0.1, 0.15) is 24.4 Å². The van der Waals surface area contributed by atoms with Crippen molar-refractivity contribution in [1.29, 1.82) is 0 Å². The molecule has 4 aromatic rings. The zero-order valence-electron chi connectivity index (χ0n) is 31.1. The van der Waals surface area contributed by atoms with Crippen molar-refractivity contribution in [2.45, 2.75) is 78.8 Å². The van der Waals surface area contributed by atoms with Gasteiger partial charge in [0.05, 0.1) is 17.7 Å². The number of esters is 2. The van der Waals surface area contributed by atoms with Crippen LogP contribution in [0.5, 0.6) is 11.5 Å². The standard InChI is InChI=1S/C43H47NO9/c1-42(2,3)52-38(46)24-20-32-19-23-37(50-28-30-14-9-7-10-15-30)39(36(32)27-45)49-25-13-18-33-26-34(44-41(48)53-43(4,5)6)21-22-35(33)40(47)51-29-31-16-11-8-12-17-31/h7-12,14-17,19-24,26-27H,13,18,25,28-29H2,1-6H3,(H,44,48). The van der Waals surface area contributed by atoms with Gasteiger partial charge < -0.3 is 23.7 Å². The summed E-state index contributed by atoms with van der Waals surface area (Å²) in [6.07, 6.45) is 3.56. The molecule has 0 spiro atoms. The Morgan fingerprint density at radius 2 is 1.38 bits per heavy atom. The van der Waals surface area contributed by atoms with Crippen LogP contribution in [0.1, 0.15) is 90.9 Å². The summed E-state index contributed by atoms with van der Waals surface area (Å²) in [6.45, 7) is 11.1. The van der Waals surface area contributed by atoms with Crippen molar-refractivity contribution < 1.29 is 42.9 Å². The van der Waals surface area contributed by atoms with Crippen LogP contribution < -0.4 is 14.8 Å². The normalized spacial score (nSPS) is 11.4. The van der Waals surface area contributed by atoms with E-state index in [2.05, 4.69) is 5.32 Å². The molecule has 0 fully saturated rings. The minimum absolute atomic E-state index is 0.0963. The fourth-order valence-electron chi connectivity index (χ4n) is 5.09. The lowest BCUT2D eigenvalue weighted by Crippen LogP contribution is -2.27. The largest absolute Gasteiger partial charge is 0.489 e. The second-order valence-electron chi connectivity index (χ2n) is 14.2. The zero-order chi connectivity index (χ0) is 38.4. The highest BCUT2D eigenvalue weighted by Crippen LogP contribution is 2.35. The molecular weight excluding hydrogens is 674 g/mol. The summed E-state index contributed by atoms with van der Waals surface area (Å²) >= 11 is 0. The predicted molar refractivity (Wildman–Crippen MR) is 203 cm³/mol. The first-order chi connectivity index (χ1) is 25.2. The number of ether oxygens (including phenoxy) is 5. The van der Waals surface area contributed by atoms with Gasteiger partial charge in [0.15, 0.2) is 17.8 Å². The molecule has 0 aliphatic carbocycles. The Morgan fingerprint density at radius 3 is 2.00 bits per heavy atom. The zero-order valence-corrected chi connectivity index (χ0v) is 31.1. The summed E-state index contributed by atoms with van der Waals surface area (Å²) in [5, 5.41) is 2.73. The molecule has 4 aromatic carbocycles. The van der Waals surface area contributed by atoms with Gasteiger partial charge in [-0.1, -0.05) is 66.7 Å². The molecule has 0 radical (unpaired) electrons. The molecule has 0 saturated heterocycles. The molecule has 10 heteroatoms.